The number of piperazine rings is 1. The van der Waals surface area contributed by atoms with Crippen molar-refractivity contribution in [2.45, 2.75) is 19.9 Å². The van der Waals surface area contributed by atoms with Gasteiger partial charge in [0.05, 0.1) is 0 Å². The second kappa shape index (κ2) is 8.26. The van der Waals surface area contributed by atoms with Gasteiger partial charge in [-0.05, 0) is 66.9 Å². The normalized spacial score (nSPS) is 16.6. The van der Waals surface area contributed by atoms with E-state index in [9.17, 15) is 9.59 Å². The maximum Gasteiger partial charge on any atom is 0.255 e. The molecule has 0 aliphatic carbocycles. The molecule has 1 heterocycles. The van der Waals surface area contributed by atoms with Gasteiger partial charge < -0.3 is 9.80 Å². The van der Waals surface area contributed by atoms with Gasteiger partial charge in [-0.2, -0.15) is 0 Å². The van der Waals surface area contributed by atoms with Gasteiger partial charge in [0.25, 0.3) is 5.91 Å². The molecule has 0 saturated carbocycles. The van der Waals surface area contributed by atoms with Crippen molar-refractivity contribution in [2.75, 3.05) is 35.3 Å². The van der Waals surface area contributed by atoms with E-state index < -0.39 is 6.04 Å². The van der Waals surface area contributed by atoms with Crippen molar-refractivity contribution >= 4 is 28.9 Å². The molecule has 5 heteroatoms. The van der Waals surface area contributed by atoms with Crippen molar-refractivity contribution in [3.8, 4) is 0 Å². The van der Waals surface area contributed by atoms with Gasteiger partial charge in [0, 0.05) is 31.2 Å². The summed E-state index contributed by atoms with van der Waals surface area (Å²) in [4.78, 5) is 32.4. The Bertz CT molecular complexity index is 1110. The second-order valence-electron chi connectivity index (χ2n) is 8.18. The molecule has 3 aromatic carbocycles. The van der Waals surface area contributed by atoms with Gasteiger partial charge in [-0.3, -0.25) is 14.5 Å². The van der Waals surface area contributed by atoms with E-state index in [0.29, 0.717) is 0 Å². The number of nitrogens with zero attached hydrogens (tertiary/aromatic N) is 3. The lowest BCUT2D eigenvalue weighted by Crippen LogP contribution is -2.56. The highest BCUT2D eigenvalue weighted by molar-refractivity contribution is 6.14. The summed E-state index contributed by atoms with van der Waals surface area (Å²) in [5.41, 5.74) is 5.56. The van der Waals surface area contributed by atoms with Crippen LogP contribution in [0.2, 0.25) is 0 Å². The first-order valence-electron chi connectivity index (χ1n) is 10.4. The Morgan fingerprint density at radius 2 is 1.48 bits per heavy atom. The zero-order chi connectivity index (χ0) is 22.1. The topological polar surface area (TPSA) is 43.9 Å². The predicted octanol–water partition coefficient (Wildman–Crippen LogP) is 4.49. The summed E-state index contributed by atoms with van der Waals surface area (Å²) in [5, 5.41) is 0. The highest BCUT2D eigenvalue weighted by Crippen LogP contribution is 2.35. The summed E-state index contributed by atoms with van der Waals surface area (Å²) in [6.45, 7) is 4.07. The van der Waals surface area contributed by atoms with Gasteiger partial charge in [-0.1, -0.05) is 36.4 Å². The standard InChI is InChI=1S/C26H27N3O2/c1-18-10-13-23(16-19(18)2)28-17-24(30)29(22-8-6-5-7-9-22)25(26(28)31)20-11-14-21(15-12-20)27(3)4/h5-16,25H,17H2,1-4H3/t25-/m0/s1. The van der Waals surface area contributed by atoms with Gasteiger partial charge in [0.15, 0.2) is 0 Å². The third-order valence-corrected chi connectivity index (χ3v) is 5.88. The minimum Gasteiger partial charge on any atom is -0.378 e. The van der Waals surface area contributed by atoms with Gasteiger partial charge >= 0.3 is 0 Å². The first-order valence-corrected chi connectivity index (χ1v) is 10.4. The number of amides is 2. The summed E-state index contributed by atoms with van der Waals surface area (Å²) < 4.78 is 0. The van der Waals surface area contributed by atoms with Crippen LogP contribution < -0.4 is 14.7 Å². The van der Waals surface area contributed by atoms with Gasteiger partial charge in [0.1, 0.15) is 12.6 Å². The molecule has 158 valence electrons. The molecule has 2 amide bonds. The molecule has 4 rings (SSSR count). The van der Waals surface area contributed by atoms with E-state index in [1.807, 2.05) is 106 Å². The van der Waals surface area contributed by atoms with Crippen LogP contribution in [-0.2, 0) is 9.59 Å². The van der Waals surface area contributed by atoms with Crippen molar-refractivity contribution in [1.29, 1.82) is 0 Å². The summed E-state index contributed by atoms with van der Waals surface area (Å²) in [6, 6.07) is 22.4. The van der Waals surface area contributed by atoms with Crippen molar-refractivity contribution < 1.29 is 9.59 Å². The lowest BCUT2D eigenvalue weighted by Gasteiger charge is -2.40. The summed E-state index contributed by atoms with van der Waals surface area (Å²) in [6.07, 6.45) is 0. The first kappa shape index (κ1) is 20.7. The van der Waals surface area contributed by atoms with Crippen LogP contribution in [0.4, 0.5) is 17.1 Å². The van der Waals surface area contributed by atoms with Crippen molar-refractivity contribution in [2.24, 2.45) is 0 Å². The summed E-state index contributed by atoms with van der Waals surface area (Å²) >= 11 is 0. The van der Waals surface area contributed by atoms with Gasteiger partial charge in [0.2, 0.25) is 5.91 Å². The number of para-hydroxylation sites is 1. The van der Waals surface area contributed by atoms with E-state index in [1.54, 1.807) is 9.80 Å². The quantitative estimate of drug-likeness (QED) is 0.633. The molecule has 1 aliphatic rings. The minimum atomic E-state index is -0.721. The zero-order valence-corrected chi connectivity index (χ0v) is 18.4. The molecule has 0 aromatic heterocycles. The smallest absolute Gasteiger partial charge is 0.255 e. The Kier molecular flexibility index (Phi) is 5.51. The van der Waals surface area contributed by atoms with E-state index >= 15 is 0 Å². The molecule has 31 heavy (non-hydrogen) atoms. The average Bonchev–Trinajstić information content (AvgIpc) is 2.77. The molecule has 0 unspecified atom stereocenters. The maximum atomic E-state index is 13.8. The van der Waals surface area contributed by atoms with E-state index in [2.05, 4.69) is 0 Å². The molecular weight excluding hydrogens is 386 g/mol. The number of benzene rings is 3. The number of carbonyl (C=O) groups is 2. The van der Waals surface area contributed by atoms with Crippen LogP contribution in [0.15, 0.2) is 72.8 Å². The molecule has 1 fully saturated rings. The number of rotatable bonds is 4. The van der Waals surface area contributed by atoms with Gasteiger partial charge in [-0.15, -0.1) is 0 Å². The SMILES string of the molecule is Cc1ccc(N2CC(=O)N(c3ccccc3)[C@@H](c3ccc(N(C)C)cc3)C2=O)cc1C. The molecule has 0 N–H and O–H groups in total. The number of hydrogen-bond acceptors (Lipinski definition) is 3. The Balaban J connectivity index is 1.80. The molecule has 0 radical (unpaired) electrons. The Morgan fingerprint density at radius 1 is 0.806 bits per heavy atom. The van der Waals surface area contributed by atoms with Crippen LogP contribution in [0.3, 0.4) is 0 Å². The van der Waals surface area contributed by atoms with Crippen molar-refractivity contribution in [3.05, 3.63) is 89.5 Å². The van der Waals surface area contributed by atoms with Crippen LogP contribution >= 0.6 is 0 Å². The molecule has 0 spiro atoms. The second-order valence-corrected chi connectivity index (χ2v) is 8.18. The molecule has 0 bridgehead atoms. The molecule has 1 atom stereocenters. The van der Waals surface area contributed by atoms with E-state index in [0.717, 1.165) is 33.8 Å². The van der Waals surface area contributed by atoms with Crippen LogP contribution in [0.25, 0.3) is 0 Å². The van der Waals surface area contributed by atoms with E-state index in [4.69, 9.17) is 0 Å². The number of carbonyl (C=O) groups excluding carboxylic acids is 2. The van der Waals surface area contributed by atoms with E-state index in [1.165, 1.54) is 0 Å². The molecule has 1 saturated heterocycles. The Morgan fingerprint density at radius 3 is 2.10 bits per heavy atom. The average molecular weight is 414 g/mol. The lowest BCUT2D eigenvalue weighted by atomic mass is 9.98. The first-order chi connectivity index (χ1) is 14.9. The highest BCUT2D eigenvalue weighted by Gasteiger charge is 2.41. The maximum absolute atomic E-state index is 13.8. The van der Waals surface area contributed by atoms with Crippen LogP contribution in [0, 0.1) is 13.8 Å². The van der Waals surface area contributed by atoms with Crippen LogP contribution in [0.1, 0.15) is 22.7 Å². The molecule has 5 nitrogen and oxygen atoms in total. The number of aryl methyl sites for hydroxylation is 2. The molecule has 3 aromatic rings. The fourth-order valence-corrected chi connectivity index (χ4v) is 3.93. The predicted molar refractivity (Wildman–Crippen MR) is 126 cm³/mol. The largest absolute Gasteiger partial charge is 0.378 e. The third kappa shape index (κ3) is 3.91. The van der Waals surface area contributed by atoms with Crippen molar-refractivity contribution in [1.82, 2.24) is 0 Å². The summed E-state index contributed by atoms with van der Waals surface area (Å²) in [7, 11) is 3.95. The third-order valence-electron chi connectivity index (χ3n) is 5.88. The Labute approximate surface area is 183 Å². The monoisotopic (exact) mass is 413 g/mol. The Hall–Kier alpha value is -3.60. The fraction of sp³-hybridized carbons (Fsp3) is 0.231. The minimum absolute atomic E-state index is 0.0164. The number of hydrogen-bond donors (Lipinski definition) is 0. The summed E-state index contributed by atoms with van der Waals surface area (Å²) in [5.74, 6) is -0.213. The van der Waals surface area contributed by atoms with E-state index in [-0.39, 0.29) is 18.4 Å². The fourth-order valence-electron chi connectivity index (χ4n) is 3.93. The van der Waals surface area contributed by atoms with Crippen LogP contribution in [-0.4, -0.2) is 32.5 Å². The lowest BCUT2D eigenvalue weighted by molar-refractivity contribution is -0.128. The van der Waals surface area contributed by atoms with Crippen LogP contribution in [0.5, 0.6) is 0 Å². The molecular formula is C26H27N3O2. The van der Waals surface area contributed by atoms with Gasteiger partial charge in [-0.25, -0.2) is 0 Å². The molecule has 1 aliphatic heterocycles. The zero-order valence-electron chi connectivity index (χ0n) is 18.4. The van der Waals surface area contributed by atoms with Crippen molar-refractivity contribution in [3.63, 3.8) is 0 Å². The number of anilines is 3. The highest BCUT2D eigenvalue weighted by atomic mass is 16.2.